The molecule has 0 atom stereocenters. The van der Waals surface area contributed by atoms with Crippen LogP contribution in [0.5, 0.6) is 0 Å². The van der Waals surface area contributed by atoms with Crippen LogP contribution in [0.3, 0.4) is 0 Å². The number of rotatable bonds is 0. The van der Waals surface area contributed by atoms with Crippen LogP contribution < -0.4 is 10.6 Å². The molecule has 0 unspecified atom stereocenters. The second kappa shape index (κ2) is 11.3. The fourth-order valence-corrected chi connectivity index (χ4v) is 2.77. The van der Waals surface area contributed by atoms with Crippen molar-refractivity contribution >= 4 is 22.6 Å². The van der Waals surface area contributed by atoms with Crippen LogP contribution in [0.2, 0.25) is 0 Å². The van der Waals surface area contributed by atoms with Gasteiger partial charge in [-0.25, -0.2) is 0 Å². The molecule has 0 aliphatic carbocycles. The van der Waals surface area contributed by atoms with E-state index in [1.807, 2.05) is 0 Å². The molecule has 0 fully saturated rings. The Morgan fingerprint density at radius 2 is 1.23 bits per heavy atom. The van der Waals surface area contributed by atoms with E-state index < -0.39 is 0 Å². The van der Waals surface area contributed by atoms with Crippen molar-refractivity contribution in [3.05, 3.63) is 27.1 Å². The lowest BCUT2D eigenvalue weighted by Crippen LogP contribution is -2.23. The first-order valence-electron chi connectivity index (χ1n) is 7.64. The average Bonchev–Trinajstić information content (AvgIpc) is 2.50. The Kier molecular flexibility index (Phi) is 9.22. The minimum Gasteiger partial charge on any atom is -0.378 e. The summed E-state index contributed by atoms with van der Waals surface area (Å²) in [7, 11) is 0. The SMILES string of the molecule is Ic1cc2nc(c1)CNCCOCCOCCOCCNC2. The Bertz CT molecular complexity index is 400. The number of ether oxygens (including phenoxy) is 3. The highest BCUT2D eigenvalue weighted by molar-refractivity contribution is 14.1. The number of pyridine rings is 1. The van der Waals surface area contributed by atoms with Crippen LogP contribution in [0.25, 0.3) is 0 Å². The van der Waals surface area contributed by atoms with E-state index >= 15 is 0 Å². The predicted molar refractivity (Wildman–Crippen MR) is 92.8 cm³/mol. The molecule has 2 bridgehead atoms. The Morgan fingerprint density at radius 1 is 0.773 bits per heavy atom. The van der Waals surface area contributed by atoms with Crippen LogP contribution in [0.1, 0.15) is 11.4 Å². The van der Waals surface area contributed by atoms with Crippen LogP contribution in [0.4, 0.5) is 0 Å². The van der Waals surface area contributed by atoms with Crippen molar-refractivity contribution in [2.24, 2.45) is 0 Å². The zero-order chi connectivity index (χ0) is 15.5. The molecule has 0 radical (unpaired) electrons. The molecular formula is C15H24IN3O3. The lowest BCUT2D eigenvalue weighted by atomic mass is 10.3. The predicted octanol–water partition coefficient (Wildman–Crippen LogP) is 0.929. The van der Waals surface area contributed by atoms with E-state index in [0.717, 1.165) is 37.6 Å². The summed E-state index contributed by atoms with van der Waals surface area (Å²) in [6.45, 7) is 6.96. The first kappa shape index (κ1) is 18.0. The van der Waals surface area contributed by atoms with E-state index in [4.69, 9.17) is 14.2 Å². The van der Waals surface area contributed by atoms with Crippen molar-refractivity contribution in [1.29, 1.82) is 0 Å². The van der Waals surface area contributed by atoms with Gasteiger partial charge in [0.25, 0.3) is 0 Å². The number of hydrogen-bond donors (Lipinski definition) is 2. The fraction of sp³-hybridized carbons (Fsp3) is 0.667. The molecule has 0 aromatic carbocycles. The molecule has 2 heterocycles. The molecule has 0 spiro atoms. The molecule has 2 rings (SSSR count). The van der Waals surface area contributed by atoms with E-state index in [1.54, 1.807) is 0 Å². The summed E-state index contributed by atoms with van der Waals surface area (Å²) in [4.78, 5) is 4.67. The van der Waals surface area contributed by atoms with Crippen molar-refractivity contribution in [3.8, 4) is 0 Å². The Hall–Kier alpha value is -0.320. The Morgan fingerprint density at radius 3 is 1.73 bits per heavy atom. The number of halogens is 1. The summed E-state index contributed by atoms with van der Waals surface area (Å²) in [6, 6.07) is 4.21. The summed E-state index contributed by atoms with van der Waals surface area (Å²) in [5.74, 6) is 0. The maximum atomic E-state index is 5.50. The van der Waals surface area contributed by atoms with E-state index in [-0.39, 0.29) is 0 Å². The first-order chi connectivity index (χ1) is 10.8. The van der Waals surface area contributed by atoms with Crippen molar-refractivity contribution in [2.45, 2.75) is 13.1 Å². The summed E-state index contributed by atoms with van der Waals surface area (Å²) in [5.41, 5.74) is 2.12. The lowest BCUT2D eigenvalue weighted by Gasteiger charge is -2.11. The molecule has 124 valence electrons. The quantitative estimate of drug-likeness (QED) is 0.608. The van der Waals surface area contributed by atoms with Gasteiger partial charge in [-0.3, -0.25) is 4.98 Å². The van der Waals surface area contributed by atoms with E-state index in [9.17, 15) is 0 Å². The molecular weight excluding hydrogens is 397 g/mol. The molecule has 2 N–H and O–H groups in total. The van der Waals surface area contributed by atoms with Gasteiger partial charge in [-0.05, 0) is 34.7 Å². The minimum absolute atomic E-state index is 0.614. The number of nitrogens with zero attached hydrogens (tertiary/aromatic N) is 1. The molecule has 1 aliphatic heterocycles. The fourth-order valence-electron chi connectivity index (χ4n) is 2.05. The van der Waals surface area contributed by atoms with Crippen LogP contribution in [-0.4, -0.2) is 57.7 Å². The van der Waals surface area contributed by atoms with E-state index in [0.29, 0.717) is 39.6 Å². The highest BCUT2D eigenvalue weighted by Crippen LogP contribution is 2.09. The molecule has 1 aliphatic rings. The van der Waals surface area contributed by atoms with Gasteiger partial charge in [-0.1, -0.05) is 0 Å². The summed E-state index contributed by atoms with van der Waals surface area (Å²) >= 11 is 2.33. The zero-order valence-electron chi connectivity index (χ0n) is 12.8. The monoisotopic (exact) mass is 421 g/mol. The Balaban J connectivity index is 1.85. The molecule has 0 saturated carbocycles. The molecule has 0 amide bonds. The van der Waals surface area contributed by atoms with Gasteiger partial charge >= 0.3 is 0 Å². The van der Waals surface area contributed by atoms with Gasteiger partial charge in [-0.15, -0.1) is 0 Å². The smallest absolute Gasteiger partial charge is 0.0701 e. The second-order valence-electron chi connectivity index (χ2n) is 4.96. The Labute approximate surface area is 145 Å². The zero-order valence-corrected chi connectivity index (χ0v) is 14.9. The van der Waals surface area contributed by atoms with Crippen molar-refractivity contribution in [1.82, 2.24) is 15.6 Å². The number of nitrogens with one attached hydrogen (secondary N) is 2. The van der Waals surface area contributed by atoms with Gasteiger partial charge in [0, 0.05) is 29.7 Å². The van der Waals surface area contributed by atoms with Gasteiger partial charge in [0.15, 0.2) is 0 Å². The average molecular weight is 421 g/mol. The highest BCUT2D eigenvalue weighted by atomic mass is 127. The molecule has 1 aromatic heterocycles. The second-order valence-corrected chi connectivity index (χ2v) is 6.20. The normalized spacial score (nSPS) is 20.0. The standard InChI is InChI=1S/C15H24IN3O3/c16-13-9-14-11-17-1-3-20-5-7-22-8-6-21-4-2-18-12-15(10-13)19-14/h9-10,17-18H,1-8,11-12H2. The van der Waals surface area contributed by atoms with Crippen LogP contribution >= 0.6 is 22.6 Å². The topological polar surface area (TPSA) is 64.6 Å². The molecule has 6 nitrogen and oxygen atoms in total. The van der Waals surface area contributed by atoms with Gasteiger partial charge in [-0.2, -0.15) is 0 Å². The lowest BCUT2D eigenvalue weighted by molar-refractivity contribution is 0.0156. The molecule has 1 aromatic rings. The maximum absolute atomic E-state index is 5.50. The summed E-state index contributed by atoms with van der Waals surface area (Å²) in [6.07, 6.45) is 0. The third-order valence-electron chi connectivity index (χ3n) is 3.10. The van der Waals surface area contributed by atoms with E-state index in [2.05, 4.69) is 50.3 Å². The highest BCUT2D eigenvalue weighted by Gasteiger charge is 2.02. The maximum Gasteiger partial charge on any atom is 0.0701 e. The summed E-state index contributed by atoms with van der Waals surface area (Å²) < 4.78 is 17.6. The minimum atomic E-state index is 0.614. The molecule has 22 heavy (non-hydrogen) atoms. The third-order valence-corrected chi connectivity index (χ3v) is 3.72. The van der Waals surface area contributed by atoms with Gasteiger partial charge in [0.2, 0.25) is 0 Å². The van der Waals surface area contributed by atoms with Crippen molar-refractivity contribution < 1.29 is 14.2 Å². The number of aromatic nitrogens is 1. The first-order valence-corrected chi connectivity index (χ1v) is 8.72. The molecule has 0 saturated heterocycles. The molecule has 7 heteroatoms. The van der Waals surface area contributed by atoms with Crippen LogP contribution in [0.15, 0.2) is 12.1 Å². The number of fused-ring (bicyclic) bond motifs is 2. The van der Waals surface area contributed by atoms with E-state index in [1.165, 1.54) is 3.57 Å². The largest absolute Gasteiger partial charge is 0.378 e. The number of hydrogen-bond acceptors (Lipinski definition) is 6. The van der Waals surface area contributed by atoms with Gasteiger partial charge in [0.1, 0.15) is 0 Å². The third kappa shape index (κ3) is 7.80. The van der Waals surface area contributed by atoms with Crippen LogP contribution in [-0.2, 0) is 27.3 Å². The van der Waals surface area contributed by atoms with Crippen molar-refractivity contribution in [2.75, 3.05) is 52.7 Å². The van der Waals surface area contributed by atoms with Crippen LogP contribution in [0, 0.1) is 3.57 Å². The van der Waals surface area contributed by atoms with Gasteiger partial charge in [0.05, 0.1) is 51.0 Å². The van der Waals surface area contributed by atoms with Gasteiger partial charge < -0.3 is 24.8 Å². The summed E-state index contributed by atoms with van der Waals surface area (Å²) in [5, 5.41) is 6.71. The van der Waals surface area contributed by atoms with Crippen molar-refractivity contribution in [3.63, 3.8) is 0 Å².